The molecule has 1 aromatic heterocycles. The van der Waals surface area contributed by atoms with Crippen molar-refractivity contribution in [3.63, 3.8) is 0 Å². The quantitative estimate of drug-likeness (QED) is 0.401. The number of carbonyl (C=O) groups excluding carboxylic acids is 1. The Labute approximate surface area is 126 Å². The first-order chi connectivity index (χ1) is 9.93. The van der Waals surface area contributed by atoms with E-state index in [1.807, 2.05) is 0 Å². The van der Waals surface area contributed by atoms with E-state index in [9.17, 15) is 9.59 Å². The van der Waals surface area contributed by atoms with Crippen molar-refractivity contribution in [3.8, 4) is 0 Å². The summed E-state index contributed by atoms with van der Waals surface area (Å²) in [7, 11) is 3.60. The molecule has 0 saturated heterocycles. The Morgan fingerprint density at radius 1 is 1.48 bits per heavy atom. The van der Waals surface area contributed by atoms with Crippen LogP contribution in [0.5, 0.6) is 0 Å². The van der Waals surface area contributed by atoms with Gasteiger partial charge < -0.3 is 21.1 Å². The first kappa shape index (κ1) is 17.0. The Bertz CT molecular complexity index is 499. The number of anilines is 2. The molecule has 1 atom stereocenters. The summed E-state index contributed by atoms with van der Waals surface area (Å²) < 4.78 is 0. The second-order valence-electron chi connectivity index (χ2n) is 4.32. The van der Waals surface area contributed by atoms with Gasteiger partial charge in [0.15, 0.2) is 0 Å². The second kappa shape index (κ2) is 8.25. The summed E-state index contributed by atoms with van der Waals surface area (Å²) in [6.07, 6.45) is 0.708. The standard InChI is InChI=1S/C11H18N6O3S/c1-17(2)11-15-8(14-10(12)16-11)5-21-4-3-7(9(19)20)13-6-18/h6-7H,3-5H2,1-2H3,(H,13,18)(H,19,20)(H2,12,14,15,16). The lowest BCUT2D eigenvalue weighted by Gasteiger charge is -2.12. The van der Waals surface area contributed by atoms with Crippen molar-refractivity contribution < 1.29 is 14.7 Å². The number of carboxylic acids is 1. The Morgan fingerprint density at radius 3 is 2.76 bits per heavy atom. The third-order valence-corrected chi connectivity index (χ3v) is 3.42. The van der Waals surface area contributed by atoms with Gasteiger partial charge in [-0.15, -0.1) is 0 Å². The minimum atomic E-state index is -1.05. The molecule has 21 heavy (non-hydrogen) atoms. The Balaban J connectivity index is 2.48. The van der Waals surface area contributed by atoms with E-state index >= 15 is 0 Å². The van der Waals surface area contributed by atoms with Crippen LogP contribution in [-0.2, 0) is 15.3 Å². The highest BCUT2D eigenvalue weighted by molar-refractivity contribution is 7.98. The maximum absolute atomic E-state index is 10.8. The van der Waals surface area contributed by atoms with Crippen LogP contribution in [0.4, 0.5) is 11.9 Å². The summed E-state index contributed by atoms with van der Waals surface area (Å²) in [5.41, 5.74) is 5.60. The molecule has 0 aliphatic rings. The number of nitrogen functional groups attached to an aromatic ring is 1. The van der Waals surface area contributed by atoms with Gasteiger partial charge in [0.2, 0.25) is 18.3 Å². The van der Waals surface area contributed by atoms with Crippen LogP contribution in [0, 0.1) is 0 Å². The number of nitrogens with zero attached hydrogens (tertiary/aromatic N) is 4. The van der Waals surface area contributed by atoms with E-state index in [-0.39, 0.29) is 5.95 Å². The van der Waals surface area contributed by atoms with Gasteiger partial charge in [-0.1, -0.05) is 0 Å². The molecule has 0 aliphatic heterocycles. The van der Waals surface area contributed by atoms with E-state index in [1.54, 1.807) is 19.0 Å². The van der Waals surface area contributed by atoms with Crippen LogP contribution in [0.3, 0.4) is 0 Å². The lowest BCUT2D eigenvalue weighted by molar-refractivity contribution is -0.140. The van der Waals surface area contributed by atoms with Gasteiger partial charge in [-0.3, -0.25) is 4.79 Å². The van der Waals surface area contributed by atoms with Crippen molar-refractivity contribution in [1.82, 2.24) is 20.3 Å². The van der Waals surface area contributed by atoms with Gasteiger partial charge in [-0.2, -0.15) is 26.7 Å². The van der Waals surface area contributed by atoms with E-state index in [1.165, 1.54) is 11.8 Å². The van der Waals surface area contributed by atoms with Gasteiger partial charge in [0.1, 0.15) is 11.9 Å². The van der Waals surface area contributed by atoms with Crippen LogP contribution in [-0.4, -0.2) is 58.3 Å². The monoisotopic (exact) mass is 314 g/mol. The molecule has 0 aliphatic carbocycles. The molecule has 116 valence electrons. The summed E-state index contributed by atoms with van der Waals surface area (Å²) in [4.78, 5) is 35.1. The number of nitrogens with two attached hydrogens (primary N) is 1. The van der Waals surface area contributed by atoms with Gasteiger partial charge in [-0.05, 0) is 12.2 Å². The number of amides is 1. The number of rotatable bonds is 9. The molecule has 10 heteroatoms. The lowest BCUT2D eigenvalue weighted by Crippen LogP contribution is -2.36. The van der Waals surface area contributed by atoms with Gasteiger partial charge in [0, 0.05) is 14.1 Å². The van der Waals surface area contributed by atoms with Gasteiger partial charge in [0.25, 0.3) is 0 Å². The topological polar surface area (TPSA) is 134 Å². The van der Waals surface area contributed by atoms with Crippen LogP contribution in [0.15, 0.2) is 0 Å². The van der Waals surface area contributed by atoms with Crippen LogP contribution in [0.1, 0.15) is 12.2 Å². The van der Waals surface area contributed by atoms with E-state index in [0.29, 0.717) is 36.1 Å². The molecule has 0 radical (unpaired) electrons. The SMILES string of the molecule is CN(C)c1nc(N)nc(CSCCC(NC=O)C(=O)O)n1. The molecule has 0 saturated carbocycles. The molecule has 1 amide bonds. The number of nitrogens with one attached hydrogen (secondary N) is 1. The van der Waals surface area contributed by atoms with E-state index < -0.39 is 12.0 Å². The van der Waals surface area contributed by atoms with E-state index in [4.69, 9.17) is 10.8 Å². The molecule has 0 bridgehead atoms. The van der Waals surface area contributed by atoms with E-state index in [0.717, 1.165) is 0 Å². The summed E-state index contributed by atoms with van der Waals surface area (Å²) in [5.74, 6) is 1.13. The van der Waals surface area contributed by atoms with Gasteiger partial charge >= 0.3 is 5.97 Å². The summed E-state index contributed by atoms with van der Waals surface area (Å²) >= 11 is 1.46. The first-order valence-electron chi connectivity index (χ1n) is 6.12. The number of hydrogen-bond acceptors (Lipinski definition) is 8. The van der Waals surface area contributed by atoms with Gasteiger partial charge in [0.05, 0.1) is 5.75 Å². The van der Waals surface area contributed by atoms with Crippen molar-refractivity contribution >= 4 is 36.0 Å². The maximum Gasteiger partial charge on any atom is 0.326 e. The van der Waals surface area contributed by atoms with Crippen LogP contribution >= 0.6 is 11.8 Å². The fourth-order valence-electron chi connectivity index (χ4n) is 1.41. The summed E-state index contributed by atoms with van der Waals surface area (Å²) in [6.45, 7) is 0. The lowest BCUT2D eigenvalue weighted by atomic mass is 10.2. The Morgan fingerprint density at radius 2 is 2.19 bits per heavy atom. The van der Waals surface area contributed by atoms with Crippen LogP contribution in [0.25, 0.3) is 0 Å². The fourth-order valence-corrected chi connectivity index (χ4v) is 2.27. The molecule has 0 aromatic carbocycles. The number of aliphatic carboxylic acids is 1. The van der Waals surface area contributed by atoms with Crippen molar-refractivity contribution in [2.45, 2.75) is 18.2 Å². The number of carboxylic acid groups (broad SMARTS) is 1. The molecule has 1 aromatic rings. The van der Waals surface area contributed by atoms with Crippen LogP contribution in [0.2, 0.25) is 0 Å². The van der Waals surface area contributed by atoms with Gasteiger partial charge in [-0.25, -0.2) is 4.79 Å². The number of aromatic nitrogens is 3. The second-order valence-corrected chi connectivity index (χ2v) is 5.43. The average molecular weight is 314 g/mol. The predicted octanol–water partition coefficient (Wildman–Crippen LogP) is -0.658. The molecule has 1 unspecified atom stereocenters. The minimum Gasteiger partial charge on any atom is -0.480 e. The molecular formula is C11H18N6O3S. The Hall–Kier alpha value is -2.10. The zero-order valence-electron chi connectivity index (χ0n) is 11.8. The molecule has 9 nitrogen and oxygen atoms in total. The van der Waals surface area contributed by atoms with Crippen molar-refractivity contribution in [2.24, 2.45) is 0 Å². The summed E-state index contributed by atoms with van der Waals surface area (Å²) in [6, 6.07) is -0.879. The number of carbonyl (C=O) groups is 2. The molecule has 0 fully saturated rings. The van der Waals surface area contributed by atoms with Crippen molar-refractivity contribution in [1.29, 1.82) is 0 Å². The normalized spacial score (nSPS) is 11.7. The van der Waals surface area contributed by atoms with Crippen molar-refractivity contribution in [2.75, 3.05) is 30.5 Å². The number of thioether (sulfide) groups is 1. The molecule has 1 heterocycles. The van der Waals surface area contributed by atoms with Crippen LogP contribution < -0.4 is 16.0 Å². The minimum absolute atomic E-state index is 0.148. The zero-order valence-corrected chi connectivity index (χ0v) is 12.6. The smallest absolute Gasteiger partial charge is 0.326 e. The molecule has 4 N–H and O–H groups in total. The third-order valence-electron chi connectivity index (χ3n) is 2.44. The number of hydrogen-bond donors (Lipinski definition) is 3. The van der Waals surface area contributed by atoms with Crippen molar-refractivity contribution in [3.05, 3.63) is 5.82 Å². The zero-order chi connectivity index (χ0) is 15.8. The first-order valence-corrected chi connectivity index (χ1v) is 7.27. The van der Waals surface area contributed by atoms with E-state index in [2.05, 4.69) is 20.3 Å². The molecule has 1 rings (SSSR count). The molecular weight excluding hydrogens is 296 g/mol. The molecule has 0 spiro atoms. The highest BCUT2D eigenvalue weighted by Gasteiger charge is 2.15. The fraction of sp³-hybridized carbons (Fsp3) is 0.545. The largest absolute Gasteiger partial charge is 0.480 e. The predicted molar refractivity (Wildman–Crippen MR) is 80.0 cm³/mol. The average Bonchev–Trinajstić information content (AvgIpc) is 2.41. The highest BCUT2D eigenvalue weighted by Crippen LogP contribution is 2.14. The third kappa shape index (κ3) is 5.81. The highest BCUT2D eigenvalue weighted by atomic mass is 32.2. The Kier molecular flexibility index (Phi) is 6.66. The summed E-state index contributed by atoms with van der Waals surface area (Å²) in [5, 5.41) is 11.1. The maximum atomic E-state index is 10.8.